The number of halogens is 4. The number of aromatic nitrogens is 2. The highest BCUT2D eigenvalue weighted by Gasteiger charge is 2.33. The van der Waals surface area contributed by atoms with E-state index in [0.29, 0.717) is 17.1 Å². The zero-order chi connectivity index (χ0) is 23.4. The number of rotatable bonds is 6. The fraction of sp³-hybridized carbons (Fsp3) is 0.120. The summed E-state index contributed by atoms with van der Waals surface area (Å²) in [6.45, 7) is 0.189. The van der Waals surface area contributed by atoms with Gasteiger partial charge in [-0.3, -0.25) is 0 Å². The van der Waals surface area contributed by atoms with E-state index in [2.05, 4.69) is 15.3 Å². The highest BCUT2D eigenvalue weighted by molar-refractivity contribution is 6.31. The molecule has 0 spiro atoms. The molecule has 1 aromatic heterocycles. The summed E-state index contributed by atoms with van der Waals surface area (Å²) in [5, 5.41) is 13.2. The van der Waals surface area contributed by atoms with Crippen LogP contribution in [0.25, 0.3) is 22.4 Å². The van der Waals surface area contributed by atoms with E-state index in [0.717, 1.165) is 22.8 Å². The van der Waals surface area contributed by atoms with Gasteiger partial charge in [0.2, 0.25) is 0 Å². The molecule has 2 N–H and O–H groups in total. The summed E-state index contributed by atoms with van der Waals surface area (Å²) < 4.78 is 38.8. The third kappa shape index (κ3) is 5.50. The predicted octanol–water partition coefficient (Wildman–Crippen LogP) is 6.63. The Hall–Kier alpha value is -3.42. The number of hydrogen-bond acceptors (Lipinski definition) is 4. The van der Waals surface area contributed by atoms with Crippen LogP contribution in [0.3, 0.4) is 0 Å². The molecule has 8 heteroatoms. The summed E-state index contributed by atoms with van der Waals surface area (Å²) in [4.78, 5) is 8.23. The number of aliphatic hydroxyl groups is 1. The molecule has 0 aliphatic rings. The summed E-state index contributed by atoms with van der Waals surface area (Å²) in [6, 6.07) is 22.6. The molecule has 168 valence electrons. The minimum Gasteiger partial charge on any atom is -0.387 e. The Kier molecular flexibility index (Phi) is 6.62. The summed E-state index contributed by atoms with van der Waals surface area (Å²) in [6.07, 6.45) is -4.01. The van der Waals surface area contributed by atoms with Crippen LogP contribution < -0.4 is 5.32 Å². The Morgan fingerprint density at radius 3 is 2.18 bits per heavy atom. The second-order valence-electron chi connectivity index (χ2n) is 7.37. The van der Waals surface area contributed by atoms with Crippen molar-refractivity contribution in [2.75, 3.05) is 11.9 Å². The lowest BCUT2D eigenvalue weighted by atomic mass is 10.0. The molecule has 0 aliphatic heterocycles. The third-order valence-electron chi connectivity index (χ3n) is 5.12. The lowest BCUT2D eigenvalue weighted by Crippen LogP contribution is -2.13. The van der Waals surface area contributed by atoms with Crippen molar-refractivity contribution in [1.29, 1.82) is 0 Å². The third-order valence-corrected chi connectivity index (χ3v) is 5.43. The van der Waals surface area contributed by atoms with Crippen molar-refractivity contribution in [3.05, 3.63) is 101 Å². The monoisotopic (exact) mass is 469 g/mol. The summed E-state index contributed by atoms with van der Waals surface area (Å²) in [5.41, 5.74) is 2.82. The summed E-state index contributed by atoms with van der Waals surface area (Å²) in [7, 11) is 0. The average Bonchev–Trinajstić information content (AvgIpc) is 2.82. The lowest BCUT2D eigenvalue weighted by Gasteiger charge is -2.14. The van der Waals surface area contributed by atoms with E-state index in [1.807, 2.05) is 54.6 Å². The Bertz CT molecular complexity index is 1230. The molecule has 0 saturated carbocycles. The normalized spacial score (nSPS) is 12.4. The van der Waals surface area contributed by atoms with E-state index in [1.165, 1.54) is 18.5 Å². The van der Waals surface area contributed by atoms with Crippen LogP contribution in [-0.4, -0.2) is 21.6 Å². The van der Waals surface area contributed by atoms with Crippen LogP contribution in [0.4, 0.5) is 19.0 Å². The number of nitrogens with one attached hydrogen (secondary N) is 1. The topological polar surface area (TPSA) is 58.0 Å². The maximum Gasteiger partial charge on any atom is 0.417 e. The molecule has 0 aliphatic carbocycles. The van der Waals surface area contributed by atoms with Crippen LogP contribution in [-0.2, 0) is 6.18 Å². The Morgan fingerprint density at radius 1 is 0.848 bits per heavy atom. The SMILES string of the molecule is OC(CNc1cc(-c2ccc(C(F)(F)F)c(Cl)c2)ncn1)c1ccc(-c2ccccc2)cc1. The first-order valence-corrected chi connectivity index (χ1v) is 10.5. The van der Waals surface area contributed by atoms with Gasteiger partial charge in [0.05, 0.1) is 22.4 Å². The van der Waals surface area contributed by atoms with Crippen molar-refractivity contribution in [3.8, 4) is 22.4 Å². The Labute approximate surface area is 193 Å². The highest BCUT2D eigenvalue weighted by atomic mass is 35.5. The van der Waals surface area contributed by atoms with Gasteiger partial charge in [0.25, 0.3) is 0 Å². The molecule has 1 atom stereocenters. The fourth-order valence-corrected chi connectivity index (χ4v) is 3.65. The van der Waals surface area contributed by atoms with Gasteiger partial charge in [-0.25, -0.2) is 9.97 Å². The van der Waals surface area contributed by atoms with Crippen molar-refractivity contribution < 1.29 is 18.3 Å². The number of alkyl halides is 3. The predicted molar refractivity (Wildman–Crippen MR) is 123 cm³/mol. The van der Waals surface area contributed by atoms with E-state index in [-0.39, 0.29) is 6.54 Å². The molecular weight excluding hydrogens is 451 g/mol. The van der Waals surface area contributed by atoms with Gasteiger partial charge in [-0.05, 0) is 28.8 Å². The molecule has 0 amide bonds. The molecular formula is C25H19ClF3N3O. The van der Waals surface area contributed by atoms with E-state index >= 15 is 0 Å². The quantitative estimate of drug-likeness (QED) is 0.333. The number of hydrogen-bond donors (Lipinski definition) is 2. The first-order chi connectivity index (χ1) is 15.8. The molecule has 0 radical (unpaired) electrons. The zero-order valence-electron chi connectivity index (χ0n) is 17.2. The molecule has 0 bridgehead atoms. The van der Waals surface area contributed by atoms with Gasteiger partial charge < -0.3 is 10.4 Å². The van der Waals surface area contributed by atoms with Crippen LogP contribution in [0.15, 0.2) is 85.2 Å². The molecule has 0 saturated heterocycles. The second-order valence-corrected chi connectivity index (χ2v) is 7.77. The first kappa shape index (κ1) is 22.8. The van der Waals surface area contributed by atoms with Crippen molar-refractivity contribution in [2.24, 2.45) is 0 Å². The zero-order valence-corrected chi connectivity index (χ0v) is 18.0. The molecule has 4 rings (SSSR count). The minimum absolute atomic E-state index is 0.189. The maximum atomic E-state index is 12.9. The van der Waals surface area contributed by atoms with Gasteiger partial charge >= 0.3 is 6.18 Å². The number of anilines is 1. The Morgan fingerprint density at radius 2 is 1.52 bits per heavy atom. The molecule has 1 heterocycles. The molecule has 0 fully saturated rings. The molecule has 3 aromatic carbocycles. The van der Waals surface area contributed by atoms with Gasteiger partial charge in [0.15, 0.2) is 0 Å². The lowest BCUT2D eigenvalue weighted by molar-refractivity contribution is -0.137. The largest absolute Gasteiger partial charge is 0.417 e. The summed E-state index contributed by atoms with van der Waals surface area (Å²) in [5.74, 6) is 0.427. The highest BCUT2D eigenvalue weighted by Crippen LogP contribution is 2.36. The number of nitrogens with zero attached hydrogens (tertiary/aromatic N) is 2. The van der Waals surface area contributed by atoms with Crippen molar-refractivity contribution >= 4 is 17.4 Å². The van der Waals surface area contributed by atoms with E-state index in [1.54, 1.807) is 6.07 Å². The van der Waals surface area contributed by atoms with Crippen LogP contribution in [0, 0.1) is 0 Å². The van der Waals surface area contributed by atoms with Crippen LogP contribution >= 0.6 is 11.6 Å². The number of benzene rings is 3. The van der Waals surface area contributed by atoms with Crippen LogP contribution in [0.1, 0.15) is 17.2 Å². The Balaban J connectivity index is 1.43. The second kappa shape index (κ2) is 9.60. The van der Waals surface area contributed by atoms with Crippen LogP contribution in [0.5, 0.6) is 0 Å². The maximum absolute atomic E-state index is 12.9. The molecule has 33 heavy (non-hydrogen) atoms. The van der Waals surface area contributed by atoms with Crippen molar-refractivity contribution in [2.45, 2.75) is 12.3 Å². The van der Waals surface area contributed by atoms with E-state index < -0.39 is 22.9 Å². The van der Waals surface area contributed by atoms with Crippen molar-refractivity contribution in [3.63, 3.8) is 0 Å². The fourth-order valence-electron chi connectivity index (χ4n) is 3.36. The van der Waals surface area contributed by atoms with Gasteiger partial charge in [-0.15, -0.1) is 0 Å². The summed E-state index contributed by atoms with van der Waals surface area (Å²) >= 11 is 5.81. The first-order valence-electron chi connectivity index (χ1n) is 10.1. The molecule has 1 unspecified atom stereocenters. The van der Waals surface area contributed by atoms with E-state index in [9.17, 15) is 18.3 Å². The molecule has 4 nitrogen and oxygen atoms in total. The minimum atomic E-state index is -4.52. The van der Waals surface area contributed by atoms with Gasteiger partial charge in [-0.1, -0.05) is 72.3 Å². The standard InChI is InChI=1S/C25H19ClF3N3O/c26-21-12-19(10-11-20(21)25(27,28)29)22-13-24(32-15-31-22)30-14-23(33)18-8-6-17(7-9-18)16-4-2-1-3-5-16/h1-13,15,23,33H,14H2,(H,30,31,32). The van der Waals surface area contributed by atoms with Crippen molar-refractivity contribution in [1.82, 2.24) is 9.97 Å². The van der Waals surface area contributed by atoms with E-state index in [4.69, 9.17) is 11.6 Å². The number of aliphatic hydroxyl groups excluding tert-OH is 1. The van der Waals surface area contributed by atoms with Crippen LogP contribution in [0.2, 0.25) is 5.02 Å². The van der Waals surface area contributed by atoms with Gasteiger partial charge in [0.1, 0.15) is 12.1 Å². The van der Waals surface area contributed by atoms with Gasteiger partial charge in [-0.2, -0.15) is 13.2 Å². The average molecular weight is 470 g/mol. The molecule has 4 aromatic rings. The smallest absolute Gasteiger partial charge is 0.387 e. The van der Waals surface area contributed by atoms with Gasteiger partial charge in [0, 0.05) is 18.2 Å².